The van der Waals surface area contributed by atoms with Crippen molar-refractivity contribution < 1.29 is 17.9 Å². The van der Waals surface area contributed by atoms with Gasteiger partial charge in [-0.05, 0) is 60.2 Å². The van der Waals surface area contributed by atoms with Crippen LogP contribution in [0.5, 0.6) is 5.75 Å². The highest BCUT2D eigenvalue weighted by atomic mass is 19.4. The largest absolute Gasteiger partial charge is 0.497 e. The number of aromatic nitrogens is 2. The summed E-state index contributed by atoms with van der Waals surface area (Å²) in [5.74, 6) is 0.747. The molecular formula is C29H19F3N2O. The lowest BCUT2D eigenvalue weighted by Gasteiger charge is -2.10. The van der Waals surface area contributed by atoms with Gasteiger partial charge in [0.1, 0.15) is 5.75 Å². The van der Waals surface area contributed by atoms with Gasteiger partial charge in [0.05, 0.1) is 34.9 Å². The summed E-state index contributed by atoms with van der Waals surface area (Å²) < 4.78 is 47.1. The van der Waals surface area contributed by atoms with Crippen LogP contribution in [0.3, 0.4) is 0 Å². The Balaban J connectivity index is 1.75. The molecule has 3 nitrogen and oxygen atoms in total. The maximum atomic E-state index is 13.2. The summed E-state index contributed by atoms with van der Waals surface area (Å²) >= 11 is 0. The normalized spacial score (nSPS) is 12.0. The highest BCUT2D eigenvalue weighted by Gasteiger charge is 2.30. The van der Waals surface area contributed by atoms with Crippen molar-refractivity contribution in [1.29, 1.82) is 0 Å². The van der Waals surface area contributed by atoms with Gasteiger partial charge in [-0.15, -0.1) is 0 Å². The Kier molecular flexibility index (Phi) is 4.78. The second kappa shape index (κ2) is 7.87. The maximum absolute atomic E-state index is 13.2. The van der Waals surface area contributed by atoms with E-state index in [1.165, 1.54) is 0 Å². The number of halogens is 3. The summed E-state index contributed by atoms with van der Waals surface area (Å²) in [5, 5.41) is 1.89. The Hall–Kier alpha value is -4.32. The number of hydrogen-bond donors (Lipinski definition) is 0. The second-order valence-corrected chi connectivity index (χ2v) is 8.34. The minimum absolute atomic E-state index is 0.667. The molecule has 172 valence electrons. The molecule has 0 aliphatic heterocycles. The molecule has 6 aromatic rings. The molecule has 0 N–H and O–H groups in total. The molecule has 35 heavy (non-hydrogen) atoms. The van der Waals surface area contributed by atoms with Crippen molar-refractivity contribution in [3.8, 4) is 28.1 Å². The van der Waals surface area contributed by atoms with E-state index in [0.29, 0.717) is 5.56 Å². The van der Waals surface area contributed by atoms with E-state index in [1.54, 1.807) is 19.2 Å². The minimum Gasteiger partial charge on any atom is -0.497 e. The monoisotopic (exact) mass is 468 g/mol. The van der Waals surface area contributed by atoms with Gasteiger partial charge in [-0.2, -0.15) is 13.2 Å². The molecule has 3 heterocycles. The van der Waals surface area contributed by atoms with E-state index in [0.717, 1.165) is 62.0 Å². The lowest BCUT2D eigenvalue weighted by Crippen LogP contribution is -2.03. The van der Waals surface area contributed by atoms with E-state index >= 15 is 0 Å². The van der Waals surface area contributed by atoms with Crippen molar-refractivity contribution in [2.45, 2.75) is 6.18 Å². The fourth-order valence-corrected chi connectivity index (χ4v) is 4.73. The molecule has 0 spiro atoms. The van der Waals surface area contributed by atoms with Crippen LogP contribution in [0.25, 0.3) is 49.7 Å². The SMILES string of the molecule is COc1ccc(-c2nc3ccccc3c3c(-c4ccc(C(F)(F)F)cc4)c4ccccn4c23)cc1. The first-order valence-corrected chi connectivity index (χ1v) is 11.1. The van der Waals surface area contributed by atoms with Gasteiger partial charge in [0.15, 0.2) is 0 Å². The van der Waals surface area contributed by atoms with E-state index in [2.05, 4.69) is 4.40 Å². The van der Waals surface area contributed by atoms with Crippen molar-refractivity contribution >= 4 is 27.3 Å². The Labute approximate surface area is 199 Å². The predicted octanol–water partition coefficient (Wildman–Crippen LogP) is 8.00. The predicted molar refractivity (Wildman–Crippen MR) is 133 cm³/mol. The number of para-hydroxylation sites is 1. The number of ether oxygens (including phenoxy) is 1. The van der Waals surface area contributed by atoms with Gasteiger partial charge in [-0.1, -0.05) is 36.4 Å². The number of benzene rings is 3. The van der Waals surface area contributed by atoms with Crippen molar-refractivity contribution in [2.75, 3.05) is 7.11 Å². The number of hydrogen-bond acceptors (Lipinski definition) is 2. The van der Waals surface area contributed by atoms with E-state index < -0.39 is 11.7 Å². The smallest absolute Gasteiger partial charge is 0.416 e. The molecule has 0 amide bonds. The van der Waals surface area contributed by atoms with E-state index in [-0.39, 0.29) is 0 Å². The first-order valence-electron chi connectivity index (χ1n) is 11.1. The zero-order valence-electron chi connectivity index (χ0n) is 18.7. The van der Waals surface area contributed by atoms with Crippen LogP contribution in [0.4, 0.5) is 13.2 Å². The lowest BCUT2D eigenvalue weighted by atomic mass is 9.97. The standard InChI is InChI=1S/C29H19F3N2O/c1-35-21-15-11-19(12-16-21)27-28-26(22-6-2-3-7-23(22)33-27)25(24-8-4-5-17-34(24)28)18-9-13-20(14-10-18)29(30,31)32/h2-17H,1H3. The van der Waals surface area contributed by atoms with Gasteiger partial charge in [-0.25, -0.2) is 4.98 Å². The average Bonchev–Trinajstić information content (AvgIpc) is 3.23. The van der Waals surface area contributed by atoms with E-state index in [1.807, 2.05) is 72.9 Å². The zero-order valence-corrected chi connectivity index (χ0v) is 18.7. The van der Waals surface area contributed by atoms with Crippen LogP contribution in [0.2, 0.25) is 0 Å². The van der Waals surface area contributed by atoms with Crippen LogP contribution in [0.15, 0.2) is 97.2 Å². The highest BCUT2D eigenvalue weighted by Crippen LogP contribution is 2.43. The molecule has 0 saturated carbocycles. The highest BCUT2D eigenvalue weighted by molar-refractivity contribution is 6.20. The Bertz CT molecular complexity index is 1700. The molecule has 0 bridgehead atoms. The molecule has 0 unspecified atom stereocenters. The second-order valence-electron chi connectivity index (χ2n) is 8.34. The molecule has 3 aromatic carbocycles. The first kappa shape index (κ1) is 21.2. The van der Waals surface area contributed by atoms with Gasteiger partial charge in [0, 0.05) is 28.1 Å². The molecule has 6 heteroatoms. The van der Waals surface area contributed by atoms with Crippen molar-refractivity contribution in [1.82, 2.24) is 9.38 Å². The number of alkyl halides is 3. The Morgan fingerprint density at radius 3 is 2.17 bits per heavy atom. The van der Waals surface area contributed by atoms with E-state index in [9.17, 15) is 13.2 Å². The molecule has 6 rings (SSSR count). The number of methoxy groups -OCH3 is 1. The van der Waals surface area contributed by atoms with Gasteiger partial charge < -0.3 is 9.14 Å². The number of fused-ring (bicyclic) bond motifs is 5. The van der Waals surface area contributed by atoms with Gasteiger partial charge >= 0.3 is 6.18 Å². The van der Waals surface area contributed by atoms with Crippen molar-refractivity contribution in [2.24, 2.45) is 0 Å². The molecule has 0 radical (unpaired) electrons. The van der Waals surface area contributed by atoms with Gasteiger partial charge in [0.25, 0.3) is 0 Å². The van der Waals surface area contributed by atoms with Crippen LogP contribution in [0, 0.1) is 0 Å². The summed E-state index contributed by atoms with van der Waals surface area (Å²) in [5.41, 5.74) is 5.25. The molecule has 0 saturated heterocycles. The topological polar surface area (TPSA) is 26.5 Å². The van der Waals surface area contributed by atoms with Crippen molar-refractivity contribution in [3.63, 3.8) is 0 Å². The lowest BCUT2D eigenvalue weighted by molar-refractivity contribution is -0.137. The number of pyridine rings is 2. The zero-order chi connectivity index (χ0) is 24.2. The fourth-order valence-electron chi connectivity index (χ4n) is 4.73. The van der Waals surface area contributed by atoms with Gasteiger partial charge in [0.2, 0.25) is 0 Å². The molecule has 0 aliphatic carbocycles. The molecule has 0 atom stereocenters. The number of nitrogens with zero attached hydrogens (tertiary/aromatic N) is 2. The average molecular weight is 468 g/mol. The molecular weight excluding hydrogens is 449 g/mol. The summed E-state index contributed by atoms with van der Waals surface area (Å²) in [6.07, 6.45) is -2.42. The van der Waals surface area contributed by atoms with Crippen LogP contribution in [0.1, 0.15) is 5.56 Å². The maximum Gasteiger partial charge on any atom is 0.416 e. The van der Waals surface area contributed by atoms with Crippen LogP contribution >= 0.6 is 0 Å². The molecule has 0 aliphatic rings. The summed E-state index contributed by atoms with van der Waals surface area (Å²) in [4.78, 5) is 5.02. The van der Waals surface area contributed by atoms with Gasteiger partial charge in [-0.3, -0.25) is 0 Å². The summed E-state index contributed by atoms with van der Waals surface area (Å²) in [6.45, 7) is 0. The molecule has 3 aromatic heterocycles. The summed E-state index contributed by atoms with van der Waals surface area (Å²) in [6, 6.07) is 26.8. The summed E-state index contributed by atoms with van der Waals surface area (Å²) in [7, 11) is 1.62. The third-order valence-electron chi connectivity index (χ3n) is 6.34. The Morgan fingerprint density at radius 2 is 1.46 bits per heavy atom. The Morgan fingerprint density at radius 1 is 0.771 bits per heavy atom. The third kappa shape index (κ3) is 3.41. The molecule has 0 fully saturated rings. The fraction of sp³-hybridized carbons (Fsp3) is 0.0690. The van der Waals surface area contributed by atoms with Crippen molar-refractivity contribution in [3.05, 3.63) is 103 Å². The van der Waals surface area contributed by atoms with Crippen LogP contribution in [-0.2, 0) is 6.18 Å². The van der Waals surface area contributed by atoms with E-state index in [4.69, 9.17) is 9.72 Å². The minimum atomic E-state index is -4.39. The number of rotatable bonds is 3. The first-order chi connectivity index (χ1) is 17.0. The van der Waals surface area contributed by atoms with Crippen LogP contribution in [-0.4, -0.2) is 16.5 Å². The quantitative estimate of drug-likeness (QED) is 0.263. The van der Waals surface area contributed by atoms with Crippen LogP contribution < -0.4 is 4.74 Å². The third-order valence-corrected chi connectivity index (χ3v) is 6.34.